The van der Waals surface area contributed by atoms with Crippen molar-refractivity contribution in [2.45, 2.75) is 12.8 Å². The molecule has 10 nitrogen and oxygen atoms in total. The molecular weight excluding hydrogens is 585 g/mol. The van der Waals surface area contributed by atoms with Crippen LogP contribution in [0.3, 0.4) is 0 Å². The van der Waals surface area contributed by atoms with Crippen LogP contribution in [-0.4, -0.2) is 33.7 Å². The number of para-hydroxylation sites is 1. The van der Waals surface area contributed by atoms with Crippen LogP contribution < -0.4 is 21.7 Å². The summed E-state index contributed by atoms with van der Waals surface area (Å²) in [6.07, 6.45) is 0.180. The highest BCUT2D eigenvalue weighted by atomic mass is 35.5. The number of aromatic nitrogens is 3. The van der Waals surface area contributed by atoms with Crippen molar-refractivity contribution in [3.8, 4) is 10.6 Å². The normalized spacial score (nSPS) is 10.8. The number of nitrogens with zero attached hydrogens (tertiary/aromatic N) is 3. The Labute approximate surface area is 248 Å². The van der Waals surface area contributed by atoms with E-state index < -0.39 is 12.1 Å². The molecule has 5 rings (SSSR count). The second-order valence-electron chi connectivity index (χ2n) is 8.71. The van der Waals surface area contributed by atoms with Crippen molar-refractivity contribution in [1.29, 1.82) is 0 Å². The molecule has 0 saturated heterocycles. The van der Waals surface area contributed by atoms with Gasteiger partial charge in [0.2, 0.25) is 5.95 Å². The Morgan fingerprint density at radius 2 is 1.56 bits per heavy atom. The average Bonchev–Trinajstić information content (AvgIpc) is 3.34. The SMILES string of the molecule is Nc1nc(NC(=O)Nc2cccc(Cl)c2)nc(CCCOC(=O)Nc2cccc(Cl)c2)c1-c1nc2ccccc2s1. The summed E-state index contributed by atoms with van der Waals surface area (Å²) < 4.78 is 6.31. The molecule has 3 aromatic carbocycles. The van der Waals surface area contributed by atoms with Crippen LogP contribution in [0, 0.1) is 0 Å². The zero-order chi connectivity index (χ0) is 28.8. The molecular formula is C28H23Cl2N7O3S. The number of halogens is 2. The fourth-order valence-electron chi connectivity index (χ4n) is 3.93. The number of carbonyl (C=O) groups is 2. The smallest absolute Gasteiger partial charge is 0.411 e. The van der Waals surface area contributed by atoms with Gasteiger partial charge in [-0.25, -0.2) is 19.6 Å². The highest BCUT2D eigenvalue weighted by Crippen LogP contribution is 2.35. The first kappa shape index (κ1) is 28.1. The van der Waals surface area contributed by atoms with Gasteiger partial charge in [-0.3, -0.25) is 10.6 Å². The van der Waals surface area contributed by atoms with E-state index in [0.717, 1.165) is 10.2 Å². The van der Waals surface area contributed by atoms with E-state index in [1.165, 1.54) is 11.3 Å². The Balaban J connectivity index is 1.32. The van der Waals surface area contributed by atoms with Crippen LogP contribution >= 0.6 is 34.5 Å². The minimum Gasteiger partial charge on any atom is -0.449 e. The van der Waals surface area contributed by atoms with Crippen molar-refractivity contribution >= 4 is 80.0 Å². The third kappa shape index (κ3) is 7.40. The number of aryl methyl sites for hydroxylation is 1. The topological polar surface area (TPSA) is 144 Å². The number of ether oxygens (including phenoxy) is 1. The van der Waals surface area contributed by atoms with E-state index in [9.17, 15) is 9.59 Å². The molecule has 208 valence electrons. The van der Waals surface area contributed by atoms with Crippen LogP contribution in [0.15, 0.2) is 72.8 Å². The van der Waals surface area contributed by atoms with Crippen molar-refractivity contribution < 1.29 is 14.3 Å². The molecule has 0 aliphatic carbocycles. The van der Waals surface area contributed by atoms with Gasteiger partial charge in [0.1, 0.15) is 10.8 Å². The number of thiazole rings is 1. The number of nitrogens with two attached hydrogens (primary N) is 1. The zero-order valence-electron chi connectivity index (χ0n) is 21.4. The van der Waals surface area contributed by atoms with Crippen LogP contribution in [0.4, 0.5) is 32.7 Å². The summed E-state index contributed by atoms with van der Waals surface area (Å²) in [4.78, 5) is 38.5. The summed E-state index contributed by atoms with van der Waals surface area (Å²) >= 11 is 13.4. The maximum absolute atomic E-state index is 12.6. The number of rotatable bonds is 8. The van der Waals surface area contributed by atoms with Gasteiger partial charge in [0.15, 0.2) is 0 Å². The van der Waals surface area contributed by atoms with Crippen molar-refractivity contribution in [2.75, 3.05) is 28.3 Å². The van der Waals surface area contributed by atoms with E-state index in [4.69, 9.17) is 38.7 Å². The number of anilines is 4. The molecule has 0 radical (unpaired) electrons. The van der Waals surface area contributed by atoms with Gasteiger partial charge < -0.3 is 15.8 Å². The molecule has 0 aliphatic rings. The summed E-state index contributed by atoms with van der Waals surface area (Å²) in [6, 6.07) is 20.6. The predicted molar refractivity (Wildman–Crippen MR) is 164 cm³/mol. The molecule has 41 heavy (non-hydrogen) atoms. The number of fused-ring (bicyclic) bond motifs is 1. The summed E-state index contributed by atoms with van der Waals surface area (Å²) in [7, 11) is 0. The first-order valence-electron chi connectivity index (χ1n) is 12.4. The lowest BCUT2D eigenvalue weighted by atomic mass is 10.1. The third-order valence-corrected chi connectivity index (χ3v) is 7.21. The van der Waals surface area contributed by atoms with Crippen LogP contribution in [0.2, 0.25) is 10.0 Å². The van der Waals surface area contributed by atoms with Gasteiger partial charge in [-0.1, -0.05) is 47.5 Å². The lowest BCUT2D eigenvalue weighted by molar-refractivity contribution is 0.160. The van der Waals surface area contributed by atoms with Crippen LogP contribution in [0.25, 0.3) is 20.8 Å². The molecule has 0 atom stereocenters. The van der Waals surface area contributed by atoms with E-state index in [1.807, 2.05) is 24.3 Å². The number of nitrogens with one attached hydrogen (secondary N) is 3. The largest absolute Gasteiger partial charge is 0.449 e. The molecule has 13 heteroatoms. The minimum absolute atomic E-state index is 0.0153. The van der Waals surface area contributed by atoms with Gasteiger partial charge >= 0.3 is 12.1 Å². The van der Waals surface area contributed by atoms with Crippen molar-refractivity contribution in [1.82, 2.24) is 15.0 Å². The third-order valence-electron chi connectivity index (χ3n) is 5.69. The van der Waals surface area contributed by atoms with Gasteiger partial charge in [0.05, 0.1) is 28.1 Å². The molecule has 5 N–H and O–H groups in total. The first-order valence-corrected chi connectivity index (χ1v) is 14.0. The van der Waals surface area contributed by atoms with Crippen molar-refractivity contribution in [3.63, 3.8) is 0 Å². The second kappa shape index (κ2) is 12.8. The van der Waals surface area contributed by atoms with Crippen molar-refractivity contribution in [2.24, 2.45) is 0 Å². The monoisotopic (exact) mass is 607 g/mol. The Hall–Kier alpha value is -4.45. The number of amides is 3. The number of nitrogen functional groups attached to an aromatic ring is 1. The Bertz CT molecular complexity index is 1700. The number of urea groups is 1. The summed E-state index contributed by atoms with van der Waals surface area (Å²) in [5.74, 6) is 0.174. The molecule has 3 amide bonds. The minimum atomic E-state index is -0.610. The predicted octanol–water partition coefficient (Wildman–Crippen LogP) is 7.47. The van der Waals surface area contributed by atoms with Gasteiger partial charge in [-0.05, 0) is 61.4 Å². The molecule has 5 aromatic rings. The van der Waals surface area contributed by atoms with Crippen LogP contribution in [0.5, 0.6) is 0 Å². The Kier molecular flexibility index (Phi) is 8.78. The van der Waals surface area contributed by atoms with Gasteiger partial charge in [-0.15, -0.1) is 11.3 Å². The first-order chi connectivity index (χ1) is 19.8. The van der Waals surface area contributed by atoms with Gasteiger partial charge in [0, 0.05) is 21.4 Å². The molecule has 2 aromatic heterocycles. The van der Waals surface area contributed by atoms with Gasteiger partial charge in [0.25, 0.3) is 0 Å². The maximum Gasteiger partial charge on any atom is 0.411 e. The van der Waals surface area contributed by atoms with E-state index in [2.05, 4.69) is 25.9 Å². The molecule has 0 unspecified atom stereocenters. The van der Waals surface area contributed by atoms with Crippen LogP contribution in [-0.2, 0) is 11.2 Å². The fraction of sp³-hybridized carbons (Fsp3) is 0.107. The number of benzene rings is 3. The van der Waals surface area contributed by atoms with E-state index >= 15 is 0 Å². The highest BCUT2D eigenvalue weighted by molar-refractivity contribution is 7.21. The van der Waals surface area contributed by atoms with E-state index in [0.29, 0.717) is 50.5 Å². The highest BCUT2D eigenvalue weighted by Gasteiger charge is 2.19. The summed E-state index contributed by atoms with van der Waals surface area (Å²) in [6.45, 7) is 0.105. The van der Waals surface area contributed by atoms with E-state index in [-0.39, 0.29) is 18.4 Å². The van der Waals surface area contributed by atoms with Crippen LogP contribution in [0.1, 0.15) is 12.1 Å². The summed E-state index contributed by atoms with van der Waals surface area (Å²) in [5, 5.41) is 9.56. The number of hydrogen-bond donors (Lipinski definition) is 4. The zero-order valence-corrected chi connectivity index (χ0v) is 23.7. The maximum atomic E-state index is 12.6. The summed E-state index contributed by atoms with van der Waals surface area (Å²) in [5.41, 5.74) is 9.36. The quantitative estimate of drug-likeness (QED) is 0.134. The molecule has 0 bridgehead atoms. The van der Waals surface area contributed by atoms with Crippen molar-refractivity contribution in [3.05, 3.63) is 88.5 Å². The molecule has 2 heterocycles. The second-order valence-corrected chi connectivity index (χ2v) is 10.6. The van der Waals surface area contributed by atoms with E-state index in [1.54, 1.807) is 48.5 Å². The lowest BCUT2D eigenvalue weighted by Crippen LogP contribution is -2.22. The molecule has 0 spiro atoms. The average molecular weight is 609 g/mol. The number of hydrogen-bond acceptors (Lipinski definition) is 8. The Morgan fingerprint density at radius 3 is 2.27 bits per heavy atom. The molecule has 0 saturated carbocycles. The molecule has 0 aliphatic heterocycles. The number of carbonyl (C=O) groups excluding carboxylic acids is 2. The Morgan fingerprint density at radius 1 is 0.854 bits per heavy atom. The fourth-order valence-corrected chi connectivity index (χ4v) is 5.35. The lowest BCUT2D eigenvalue weighted by Gasteiger charge is -2.13. The molecule has 0 fully saturated rings. The van der Waals surface area contributed by atoms with Gasteiger partial charge in [-0.2, -0.15) is 4.98 Å². The standard InChI is InChI=1S/C28H23Cl2N7O3S/c29-16-6-3-8-18(14-16)32-27(38)37-26-35-21(11-5-13-40-28(39)33-19-9-4-7-17(30)15-19)23(24(31)36-26)25-34-20-10-1-2-12-22(20)41-25/h1-4,6-10,12,14-15H,5,11,13H2,(H,33,39)(H4,31,32,35,36,37,38).